The lowest BCUT2D eigenvalue weighted by Gasteiger charge is -2.11. The van der Waals surface area contributed by atoms with Gasteiger partial charge >= 0.3 is 6.36 Å². The standard InChI is InChI=1S/C9H7Cl2F4NO/c10-6-3-5(12)4-7(11)8(6)16-1-2-17-9(13,14)15/h3-4,16H,1-2H2. The maximum Gasteiger partial charge on any atom is 0.522 e. The van der Waals surface area contributed by atoms with E-state index in [2.05, 4.69) is 10.1 Å². The lowest BCUT2D eigenvalue weighted by atomic mass is 10.3. The average molecular weight is 292 g/mol. The third kappa shape index (κ3) is 4.97. The second-order valence-corrected chi connectivity index (χ2v) is 3.78. The van der Waals surface area contributed by atoms with Crippen molar-refractivity contribution in [3.8, 4) is 0 Å². The summed E-state index contributed by atoms with van der Waals surface area (Å²) in [7, 11) is 0. The summed E-state index contributed by atoms with van der Waals surface area (Å²) in [6.07, 6.45) is -4.68. The summed E-state index contributed by atoms with van der Waals surface area (Å²) in [5.74, 6) is -0.628. The summed E-state index contributed by atoms with van der Waals surface area (Å²) < 4.78 is 51.2. The van der Waals surface area contributed by atoms with E-state index in [-0.39, 0.29) is 22.3 Å². The molecule has 0 fully saturated rings. The number of alkyl halides is 3. The van der Waals surface area contributed by atoms with Crippen molar-refractivity contribution in [3.05, 3.63) is 28.0 Å². The summed E-state index contributed by atoms with van der Waals surface area (Å²) in [6.45, 7) is -0.766. The van der Waals surface area contributed by atoms with Crippen molar-refractivity contribution in [2.75, 3.05) is 18.5 Å². The van der Waals surface area contributed by atoms with E-state index in [0.717, 1.165) is 12.1 Å². The number of benzene rings is 1. The summed E-state index contributed by atoms with van der Waals surface area (Å²) in [5.41, 5.74) is 0.167. The Bertz CT molecular complexity index is 374. The maximum atomic E-state index is 12.8. The Balaban J connectivity index is 2.53. The molecule has 0 saturated carbocycles. The first-order chi connectivity index (χ1) is 7.79. The highest BCUT2D eigenvalue weighted by atomic mass is 35.5. The van der Waals surface area contributed by atoms with Crippen LogP contribution in [0, 0.1) is 5.82 Å². The number of nitrogens with one attached hydrogen (secondary N) is 1. The molecule has 0 radical (unpaired) electrons. The van der Waals surface area contributed by atoms with Gasteiger partial charge in [-0.15, -0.1) is 13.2 Å². The van der Waals surface area contributed by atoms with Crippen LogP contribution in [0.2, 0.25) is 10.0 Å². The molecule has 8 heteroatoms. The van der Waals surface area contributed by atoms with E-state index >= 15 is 0 Å². The Morgan fingerprint density at radius 3 is 2.18 bits per heavy atom. The largest absolute Gasteiger partial charge is 0.522 e. The Hall–Kier alpha value is -0.720. The number of hydrogen-bond donors (Lipinski definition) is 1. The van der Waals surface area contributed by atoms with Gasteiger partial charge in [0.05, 0.1) is 22.3 Å². The van der Waals surface area contributed by atoms with Crippen molar-refractivity contribution < 1.29 is 22.3 Å². The molecule has 0 bridgehead atoms. The Kier molecular flexibility index (Phi) is 4.85. The van der Waals surface area contributed by atoms with Crippen LogP contribution in [0.15, 0.2) is 12.1 Å². The van der Waals surface area contributed by atoms with E-state index in [9.17, 15) is 17.6 Å². The summed E-state index contributed by atoms with van der Waals surface area (Å²) in [4.78, 5) is 0. The molecule has 17 heavy (non-hydrogen) atoms. The topological polar surface area (TPSA) is 21.3 Å². The van der Waals surface area contributed by atoms with Crippen molar-refractivity contribution in [2.45, 2.75) is 6.36 Å². The molecule has 0 aliphatic heterocycles. The maximum absolute atomic E-state index is 12.8. The zero-order valence-electron chi connectivity index (χ0n) is 8.24. The fourth-order valence-electron chi connectivity index (χ4n) is 1.05. The van der Waals surface area contributed by atoms with E-state index in [1.807, 2.05) is 0 Å². The highest BCUT2D eigenvalue weighted by Gasteiger charge is 2.28. The van der Waals surface area contributed by atoms with Crippen molar-refractivity contribution in [3.63, 3.8) is 0 Å². The van der Waals surface area contributed by atoms with E-state index in [1.54, 1.807) is 0 Å². The number of halogens is 6. The second kappa shape index (κ2) is 5.75. The van der Waals surface area contributed by atoms with Crippen molar-refractivity contribution >= 4 is 28.9 Å². The molecule has 0 atom stereocenters. The van der Waals surface area contributed by atoms with E-state index in [4.69, 9.17) is 23.2 Å². The predicted molar refractivity (Wildman–Crippen MR) is 56.9 cm³/mol. The normalized spacial score (nSPS) is 11.6. The zero-order chi connectivity index (χ0) is 13.1. The lowest BCUT2D eigenvalue weighted by molar-refractivity contribution is -0.322. The summed E-state index contributed by atoms with van der Waals surface area (Å²) >= 11 is 11.3. The first kappa shape index (κ1) is 14.3. The molecular weight excluding hydrogens is 285 g/mol. The quantitative estimate of drug-likeness (QED) is 0.667. The van der Waals surface area contributed by atoms with Crippen molar-refractivity contribution in [1.29, 1.82) is 0 Å². The molecule has 0 aliphatic carbocycles. The number of ether oxygens (including phenoxy) is 1. The van der Waals surface area contributed by atoms with Gasteiger partial charge in [-0.25, -0.2) is 4.39 Å². The van der Waals surface area contributed by atoms with Crippen LogP contribution >= 0.6 is 23.2 Å². The molecular formula is C9H7Cl2F4NO. The molecule has 0 heterocycles. The third-order valence-electron chi connectivity index (χ3n) is 1.68. The Labute approximate surface area is 104 Å². The van der Waals surface area contributed by atoms with Gasteiger partial charge in [0.15, 0.2) is 0 Å². The molecule has 96 valence electrons. The molecule has 0 unspecified atom stereocenters. The second-order valence-electron chi connectivity index (χ2n) is 2.97. The van der Waals surface area contributed by atoms with E-state index in [1.165, 1.54) is 0 Å². The Morgan fingerprint density at radius 2 is 1.71 bits per heavy atom. The van der Waals surface area contributed by atoms with Crippen LogP contribution in [-0.2, 0) is 4.74 Å². The van der Waals surface area contributed by atoms with Crippen LogP contribution in [0.5, 0.6) is 0 Å². The monoisotopic (exact) mass is 291 g/mol. The Morgan fingerprint density at radius 1 is 1.18 bits per heavy atom. The molecule has 1 N–H and O–H groups in total. The van der Waals surface area contributed by atoms with Gasteiger partial charge in [-0.2, -0.15) is 0 Å². The molecule has 1 rings (SSSR count). The van der Waals surface area contributed by atoms with Crippen LogP contribution in [0.4, 0.5) is 23.2 Å². The van der Waals surface area contributed by atoms with Crippen LogP contribution in [0.25, 0.3) is 0 Å². The summed E-state index contributed by atoms with van der Waals surface area (Å²) in [6, 6.07) is 2.00. The minimum absolute atomic E-state index is 0.0120. The molecule has 0 amide bonds. The molecule has 1 aromatic carbocycles. The van der Waals surface area contributed by atoms with Gasteiger partial charge in [0.25, 0.3) is 0 Å². The molecule has 0 spiro atoms. The van der Waals surface area contributed by atoms with Crippen LogP contribution in [0.3, 0.4) is 0 Å². The van der Waals surface area contributed by atoms with E-state index < -0.39 is 18.8 Å². The number of rotatable bonds is 4. The molecule has 1 aromatic rings. The SMILES string of the molecule is Fc1cc(Cl)c(NCCOC(F)(F)F)c(Cl)c1. The van der Waals surface area contributed by atoms with Crippen LogP contribution in [0.1, 0.15) is 0 Å². The smallest absolute Gasteiger partial charge is 0.380 e. The van der Waals surface area contributed by atoms with Gasteiger partial charge in [0.1, 0.15) is 5.82 Å². The predicted octanol–water partition coefficient (Wildman–Crippen LogP) is 4.08. The lowest BCUT2D eigenvalue weighted by Crippen LogP contribution is -2.19. The van der Waals surface area contributed by atoms with Gasteiger partial charge in [-0.05, 0) is 12.1 Å². The van der Waals surface area contributed by atoms with Gasteiger partial charge in [-0.1, -0.05) is 23.2 Å². The van der Waals surface area contributed by atoms with Crippen LogP contribution < -0.4 is 5.32 Å². The van der Waals surface area contributed by atoms with Crippen LogP contribution in [-0.4, -0.2) is 19.5 Å². The van der Waals surface area contributed by atoms with Gasteiger partial charge in [-0.3, -0.25) is 4.74 Å². The fraction of sp³-hybridized carbons (Fsp3) is 0.333. The number of hydrogen-bond acceptors (Lipinski definition) is 2. The van der Waals surface area contributed by atoms with Crippen molar-refractivity contribution in [2.24, 2.45) is 0 Å². The highest BCUT2D eigenvalue weighted by Crippen LogP contribution is 2.31. The number of anilines is 1. The highest BCUT2D eigenvalue weighted by molar-refractivity contribution is 6.39. The van der Waals surface area contributed by atoms with Gasteiger partial charge in [0.2, 0.25) is 0 Å². The van der Waals surface area contributed by atoms with Gasteiger partial charge in [0, 0.05) is 6.54 Å². The fourth-order valence-corrected chi connectivity index (χ4v) is 1.65. The minimum atomic E-state index is -4.68. The molecule has 2 nitrogen and oxygen atoms in total. The van der Waals surface area contributed by atoms with Crippen molar-refractivity contribution in [1.82, 2.24) is 0 Å². The first-order valence-electron chi connectivity index (χ1n) is 4.38. The zero-order valence-corrected chi connectivity index (χ0v) is 9.76. The summed E-state index contributed by atoms with van der Waals surface area (Å²) in [5, 5.41) is 2.50. The first-order valence-corrected chi connectivity index (χ1v) is 5.14. The molecule has 0 aliphatic rings. The molecule has 0 saturated heterocycles. The van der Waals surface area contributed by atoms with E-state index in [0.29, 0.717) is 0 Å². The average Bonchev–Trinajstić information content (AvgIpc) is 2.13. The molecule has 0 aromatic heterocycles. The van der Waals surface area contributed by atoms with Gasteiger partial charge < -0.3 is 5.32 Å². The third-order valence-corrected chi connectivity index (χ3v) is 2.27. The minimum Gasteiger partial charge on any atom is -0.380 e.